The molecule has 0 saturated carbocycles. The Bertz CT molecular complexity index is 287. The summed E-state index contributed by atoms with van der Waals surface area (Å²) in [5, 5.41) is 4.46. The first-order valence-electron chi connectivity index (χ1n) is 4.87. The van der Waals surface area contributed by atoms with Gasteiger partial charge in [-0.15, -0.1) is 0 Å². The average Bonchev–Trinajstić information content (AvgIpc) is 2.28. The predicted molar refractivity (Wildman–Crippen MR) is 54.6 cm³/mol. The molecule has 3 heteroatoms. The molecule has 0 aliphatic carbocycles. The Balaban J connectivity index is 3.07. The number of rotatable bonds is 3. The molecule has 0 aliphatic heterocycles. The lowest BCUT2D eigenvalue weighted by Crippen LogP contribution is -2.08. The first kappa shape index (κ1) is 10.3. The van der Waals surface area contributed by atoms with Gasteiger partial charge in [-0.05, 0) is 27.2 Å². The molecule has 0 spiro atoms. The minimum absolute atomic E-state index is 0.0885. The van der Waals surface area contributed by atoms with Crippen molar-refractivity contribution in [2.45, 2.75) is 46.7 Å². The molecule has 3 nitrogen and oxygen atoms in total. The summed E-state index contributed by atoms with van der Waals surface area (Å²) in [7, 11) is 0. The average molecular weight is 181 g/mol. The van der Waals surface area contributed by atoms with E-state index in [4.69, 9.17) is 5.73 Å². The minimum atomic E-state index is 0.0885. The number of aryl methyl sites for hydroxylation is 2. The number of aromatic nitrogens is 2. The molecule has 1 unspecified atom stereocenters. The lowest BCUT2D eigenvalue weighted by atomic mass is 10.1. The molecule has 1 aromatic rings. The van der Waals surface area contributed by atoms with Crippen LogP contribution < -0.4 is 5.73 Å². The van der Waals surface area contributed by atoms with E-state index in [1.165, 1.54) is 11.3 Å². The van der Waals surface area contributed by atoms with Crippen LogP contribution in [0.4, 0.5) is 0 Å². The van der Waals surface area contributed by atoms with Crippen LogP contribution in [0.5, 0.6) is 0 Å². The van der Waals surface area contributed by atoms with Gasteiger partial charge >= 0.3 is 0 Å². The molecular formula is C10H19N3. The highest BCUT2D eigenvalue weighted by Gasteiger charge is 2.13. The second kappa shape index (κ2) is 3.92. The van der Waals surface area contributed by atoms with E-state index in [0.29, 0.717) is 0 Å². The Kier molecular flexibility index (Phi) is 3.09. The quantitative estimate of drug-likeness (QED) is 0.774. The first-order valence-corrected chi connectivity index (χ1v) is 4.87. The molecule has 1 atom stereocenters. The van der Waals surface area contributed by atoms with Crippen LogP contribution >= 0.6 is 0 Å². The van der Waals surface area contributed by atoms with Gasteiger partial charge < -0.3 is 5.73 Å². The molecule has 1 rings (SSSR count). The zero-order valence-corrected chi connectivity index (χ0v) is 8.96. The zero-order chi connectivity index (χ0) is 10.0. The Morgan fingerprint density at radius 2 is 2.08 bits per heavy atom. The van der Waals surface area contributed by atoms with Gasteiger partial charge in [-0.3, -0.25) is 4.68 Å². The van der Waals surface area contributed by atoms with Gasteiger partial charge in [0.15, 0.2) is 0 Å². The molecule has 0 bridgehead atoms. The van der Waals surface area contributed by atoms with Gasteiger partial charge in [-0.1, -0.05) is 6.92 Å². The maximum absolute atomic E-state index is 5.87. The first-order chi connectivity index (χ1) is 6.07. The lowest BCUT2D eigenvalue weighted by molar-refractivity contribution is 0.581. The van der Waals surface area contributed by atoms with Crippen molar-refractivity contribution in [1.29, 1.82) is 0 Å². The van der Waals surface area contributed by atoms with E-state index >= 15 is 0 Å². The maximum atomic E-state index is 5.87. The van der Waals surface area contributed by atoms with Crippen molar-refractivity contribution >= 4 is 0 Å². The lowest BCUT2D eigenvalue weighted by Gasteiger charge is -2.06. The highest BCUT2D eigenvalue weighted by molar-refractivity contribution is 5.27. The van der Waals surface area contributed by atoms with Crippen LogP contribution in [0.15, 0.2) is 0 Å². The third-order valence-electron chi connectivity index (χ3n) is 2.33. The largest absolute Gasteiger partial charge is 0.324 e. The summed E-state index contributed by atoms with van der Waals surface area (Å²) in [6.07, 6.45) is 1.11. The van der Waals surface area contributed by atoms with Gasteiger partial charge in [0.25, 0.3) is 0 Å². The molecule has 13 heavy (non-hydrogen) atoms. The molecule has 0 aromatic carbocycles. The summed E-state index contributed by atoms with van der Waals surface area (Å²) < 4.78 is 2.05. The minimum Gasteiger partial charge on any atom is -0.324 e. The summed E-state index contributed by atoms with van der Waals surface area (Å²) in [5.74, 6) is 0. The summed E-state index contributed by atoms with van der Waals surface area (Å²) in [4.78, 5) is 0. The summed E-state index contributed by atoms with van der Waals surface area (Å²) in [5.41, 5.74) is 9.36. The number of hydrogen-bond acceptors (Lipinski definition) is 2. The van der Waals surface area contributed by atoms with Crippen molar-refractivity contribution < 1.29 is 0 Å². The van der Waals surface area contributed by atoms with Gasteiger partial charge in [-0.2, -0.15) is 5.10 Å². The molecule has 0 amide bonds. The monoisotopic (exact) mass is 181 g/mol. The highest BCUT2D eigenvalue weighted by atomic mass is 15.3. The van der Waals surface area contributed by atoms with Crippen molar-refractivity contribution in [1.82, 2.24) is 9.78 Å². The maximum Gasteiger partial charge on any atom is 0.0644 e. The number of nitrogens with zero attached hydrogens (tertiary/aromatic N) is 2. The Morgan fingerprint density at radius 3 is 2.46 bits per heavy atom. The third-order valence-corrected chi connectivity index (χ3v) is 2.33. The van der Waals surface area contributed by atoms with Crippen LogP contribution in [0.1, 0.15) is 43.3 Å². The number of nitrogens with two attached hydrogens (primary N) is 1. The zero-order valence-electron chi connectivity index (χ0n) is 8.96. The van der Waals surface area contributed by atoms with Crippen molar-refractivity contribution in [2.24, 2.45) is 5.73 Å². The van der Waals surface area contributed by atoms with Gasteiger partial charge in [-0.25, -0.2) is 0 Å². The van der Waals surface area contributed by atoms with Crippen molar-refractivity contribution in [2.75, 3.05) is 0 Å². The Labute approximate surface area is 79.9 Å². The van der Waals surface area contributed by atoms with E-state index in [-0.39, 0.29) is 6.04 Å². The fourth-order valence-corrected chi connectivity index (χ4v) is 1.80. The third kappa shape index (κ3) is 1.91. The SMILES string of the molecule is CCCn1nc(C)c(C(C)N)c1C. The molecule has 0 saturated heterocycles. The van der Waals surface area contributed by atoms with Crippen LogP contribution in [-0.4, -0.2) is 9.78 Å². The van der Waals surface area contributed by atoms with Crippen molar-refractivity contribution in [3.05, 3.63) is 17.0 Å². The van der Waals surface area contributed by atoms with Gasteiger partial charge in [0.1, 0.15) is 0 Å². The normalized spacial score (nSPS) is 13.3. The molecule has 0 aliphatic rings. The standard InChI is InChI=1S/C10H19N3/c1-5-6-13-9(4)10(7(2)11)8(3)12-13/h7H,5-6,11H2,1-4H3. The molecule has 0 fully saturated rings. The molecule has 1 aromatic heterocycles. The second-order valence-electron chi connectivity index (χ2n) is 3.60. The van der Waals surface area contributed by atoms with E-state index in [2.05, 4.69) is 18.9 Å². The van der Waals surface area contributed by atoms with Crippen molar-refractivity contribution in [3.8, 4) is 0 Å². The topological polar surface area (TPSA) is 43.8 Å². The van der Waals surface area contributed by atoms with Gasteiger partial charge in [0.2, 0.25) is 0 Å². The Morgan fingerprint density at radius 1 is 1.46 bits per heavy atom. The fraction of sp³-hybridized carbons (Fsp3) is 0.700. The van der Waals surface area contributed by atoms with Crippen LogP contribution in [0, 0.1) is 13.8 Å². The predicted octanol–water partition coefficient (Wildman–Crippen LogP) is 1.93. The molecular weight excluding hydrogens is 162 g/mol. The van der Waals surface area contributed by atoms with Gasteiger partial charge in [0, 0.05) is 23.8 Å². The fourth-order valence-electron chi connectivity index (χ4n) is 1.80. The van der Waals surface area contributed by atoms with E-state index in [0.717, 1.165) is 18.7 Å². The van der Waals surface area contributed by atoms with Gasteiger partial charge in [0.05, 0.1) is 5.69 Å². The second-order valence-corrected chi connectivity index (χ2v) is 3.60. The molecule has 2 N–H and O–H groups in total. The summed E-state index contributed by atoms with van der Waals surface area (Å²) in [6, 6.07) is 0.0885. The molecule has 1 heterocycles. The van der Waals surface area contributed by atoms with Crippen LogP contribution in [-0.2, 0) is 6.54 Å². The smallest absolute Gasteiger partial charge is 0.0644 e. The summed E-state index contributed by atoms with van der Waals surface area (Å²) in [6.45, 7) is 9.26. The summed E-state index contributed by atoms with van der Waals surface area (Å²) >= 11 is 0. The van der Waals surface area contributed by atoms with E-state index in [9.17, 15) is 0 Å². The van der Waals surface area contributed by atoms with Crippen LogP contribution in [0.25, 0.3) is 0 Å². The highest BCUT2D eigenvalue weighted by Crippen LogP contribution is 2.19. The van der Waals surface area contributed by atoms with Crippen molar-refractivity contribution in [3.63, 3.8) is 0 Å². The van der Waals surface area contributed by atoms with E-state index in [1.807, 2.05) is 18.5 Å². The van der Waals surface area contributed by atoms with E-state index in [1.54, 1.807) is 0 Å². The van der Waals surface area contributed by atoms with E-state index < -0.39 is 0 Å². The number of hydrogen-bond donors (Lipinski definition) is 1. The molecule has 74 valence electrons. The van der Waals surface area contributed by atoms with Crippen LogP contribution in [0.3, 0.4) is 0 Å². The Hall–Kier alpha value is -0.830. The molecule has 0 radical (unpaired) electrons. The van der Waals surface area contributed by atoms with Crippen LogP contribution in [0.2, 0.25) is 0 Å².